The van der Waals surface area contributed by atoms with Crippen molar-refractivity contribution in [3.63, 3.8) is 0 Å². The number of aryl methyl sites for hydroxylation is 1. The zero-order valence-electron chi connectivity index (χ0n) is 10.0. The average Bonchev–Trinajstić information content (AvgIpc) is 3.06. The first-order valence-corrected chi connectivity index (χ1v) is 5.85. The normalized spacial score (nSPS) is 10.9. The lowest BCUT2D eigenvalue weighted by Gasteiger charge is -2.05. The molecule has 0 radical (unpaired) electrons. The van der Waals surface area contributed by atoms with E-state index in [4.69, 9.17) is 0 Å². The fourth-order valence-electron chi connectivity index (χ4n) is 1.71. The second-order valence-electron chi connectivity index (χ2n) is 3.96. The van der Waals surface area contributed by atoms with Crippen molar-refractivity contribution in [1.29, 1.82) is 0 Å². The van der Waals surface area contributed by atoms with Gasteiger partial charge in [0, 0.05) is 19.3 Å². The van der Waals surface area contributed by atoms with Crippen molar-refractivity contribution in [3.8, 4) is 0 Å². The fraction of sp³-hybridized carbons (Fsp3) is 0.300. The molecule has 3 rings (SSSR count). The minimum atomic E-state index is -0.346. The van der Waals surface area contributed by atoms with Gasteiger partial charge in [0.1, 0.15) is 5.82 Å². The number of hydrogen-bond donors (Lipinski definition) is 2. The molecule has 19 heavy (non-hydrogen) atoms. The van der Waals surface area contributed by atoms with Crippen molar-refractivity contribution >= 4 is 11.5 Å². The summed E-state index contributed by atoms with van der Waals surface area (Å²) in [4.78, 5) is 11.4. The van der Waals surface area contributed by atoms with Gasteiger partial charge in [0.25, 0.3) is 0 Å². The van der Waals surface area contributed by atoms with Gasteiger partial charge in [-0.25, -0.2) is 9.89 Å². The van der Waals surface area contributed by atoms with Gasteiger partial charge < -0.3 is 5.32 Å². The molecule has 0 aliphatic heterocycles. The van der Waals surface area contributed by atoms with Gasteiger partial charge in [0.15, 0.2) is 5.65 Å². The Morgan fingerprint density at radius 2 is 2.32 bits per heavy atom. The number of nitrogens with zero attached hydrogens (tertiary/aromatic N) is 6. The highest BCUT2D eigenvalue weighted by Gasteiger charge is 2.02. The highest BCUT2D eigenvalue weighted by molar-refractivity contribution is 5.42. The largest absolute Gasteiger partial charge is 0.369 e. The number of H-pyrrole nitrogens is 1. The molecule has 98 valence electrons. The number of anilines is 1. The summed E-state index contributed by atoms with van der Waals surface area (Å²) >= 11 is 0. The maximum atomic E-state index is 11.4. The van der Waals surface area contributed by atoms with Crippen molar-refractivity contribution in [1.82, 2.24) is 34.8 Å². The smallest absolute Gasteiger partial charge is 0.364 e. The van der Waals surface area contributed by atoms with E-state index >= 15 is 0 Å². The van der Waals surface area contributed by atoms with E-state index in [1.165, 1.54) is 4.52 Å². The summed E-state index contributed by atoms with van der Waals surface area (Å²) in [5.41, 5.74) is 0.152. The van der Waals surface area contributed by atoms with Gasteiger partial charge >= 0.3 is 5.69 Å². The van der Waals surface area contributed by atoms with Crippen molar-refractivity contribution in [3.05, 3.63) is 35.0 Å². The first-order valence-electron chi connectivity index (χ1n) is 5.85. The Balaban J connectivity index is 1.59. The van der Waals surface area contributed by atoms with Crippen LogP contribution in [0.5, 0.6) is 0 Å². The summed E-state index contributed by atoms with van der Waals surface area (Å²) < 4.78 is 2.98. The Hall–Kier alpha value is -2.71. The van der Waals surface area contributed by atoms with Gasteiger partial charge in [0.05, 0.1) is 6.20 Å². The van der Waals surface area contributed by atoms with E-state index in [-0.39, 0.29) is 5.69 Å². The average molecular weight is 260 g/mol. The van der Waals surface area contributed by atoms with Crippen LogP contribution in [0.25, 0.3) is 5.65 Å². The number of fused-ring (bicyclic) bond motifs is 1. The lowest BCUT2D eigenvalue weighted by atomic mass is 10.4. The number of nitrogens with one attached hydrogen (secondary N) is 2. The second-order valence-corrected chi connectivity index (χ2v) is 3.96. The molecule has 0 spiro atoms. The van der Waals surface area contributed by atoms with Gasteiger partial charge in [-0.3, -0.25) is 4.68 Å². The minimum absolute atomic E-state index is 0.346. The summed E-state index contributed by atoms with van der Waals surface area (Å²) in [5, 5.41) is 21.0. The van der Waals surface area contributed by atoms with Crippen LogP contribution in [0.3, 0.4) is 0 Å². The zero-order chi connectivity index (χ0) is 13.1. The van der Waals surface area contributed by atoms with Gasteiger partial charge in [-0.15, -0.1) is 10.2 Å². The predicted octanol–water partition coefficient (Wildman–Crippen LogP) is -0.489. The topological polar surface area (TPSA) is 106 Å². The summed E-state index contributed by atoms with van der Waals surface area (Å²) in [5.74, 6) is 0.634. The fourth-order valence-corrected chi connectivity index (χ4v) is 1.71. The molecule has 2 N–H and O–H groups in total. The zero-order valence-corrected chi connectivity index (χ0v) is 10.0. The molecule has 9 nitrogen and oxygen atoms in total. The predicted molar refractivity (Wildman–Crippen MR) is 66.7 cm³/mol. The van der Waals surface area contributed by atoms with E-state index in [2.05, 4.69) is 30.9 Å². The number of aromatic nitrogens is 7. The molecule has 0 aliphatic rings. The first kappa shape index (κ1) is 11.4. The van der Waals surface area contributed by atoms with Crippen molar-refractivity contribution in [2.75, 3.05) is 11.9 Å². The summed E-state index contributed by atoms with van der Waals surface area (Å²) in [7, 11) is 0. The van der Waals surface area contributed by atoms with Crippen LogP contribution in [0.4, 0.5) is 5.82 Å². The molecule has 0 aromatic carbocycles. The molecule has 0 bridgehead atoms. The van der Waals surface area contributed by atoms with E-state index in [1.54, 1.807) is 23.0 Å². The Labute approximate surface area is 107 Å². The van der Waals surface area contributed by atoms with Gasteiger partial charge in [0.2, 0.25) is 0 Å². The van der Waals surface area contributed by atoms with Crippen LogP contribution in [-0.2, 0) is 6.54 Å². The second kappa shape index (κ2) is 4.88. The van der Waals surface area contributed by atoms with Gasteiger partial charge in [-0.05, 0) is 18.6 Å². The third kappa shape index (κ3) is 2.44. The van der Waals surface area contributed by atoms with Crippen molar-refractivity contribution < 1.29 is 0 Å². The standard InChI is InChI=1S/C10H12N8O/c19-10-14-13-9-3-2-8(15-18(9)10)11-4-1-6-17-7-5-12-16-17/h2-3,5,7H,1,4,6H2,(H,11,15)(H,14,19). The van der Waals surface area contributed by atoms with Crippen molar-refractivity contribution in [2.45, 2.75) is 13.0 Å². The Morgan fingerprint density at radius 1 is 1.37 bits per heavy atom. The molecule has 9 heteroatoms. The molecule has 0 aliphatic carbocycles. The number of aromatic amines is 1. The Bertz CT molecular complexity index is 713. The van der Waals surface area contributed by atoms with E-state index in [9.17, 15) is 4.79 Å². The lowest BCUT2D eigenvalue weighted by molar-refractivity contribution is 0.569. The monoisotopic (exact) mass is 260 g/mol. The van der Waals surface area contributed by atoms with E-state index < -0.39 is 0 Å². The van der Waals surface area contributed by atoms with Crippen LogP contribution in [-0.4, -0.2) is 41.4 Å². The van der Waals surface area contributed by atoms with E-state index in [0.717, 1.165) is 19.5 Å². The van der Waals surface area contributed by atoms with Crippen LogP contribution >= 0.6 is 0 Å². The van der Waals surface area contributed by atoms with Crippen LogP contribution in [0, 0.1) is 0 Å². The molecule has 3 heterocycles. The maximum Gasteiger partial charge on any atom is 0.364 e. The van der Waals surface area contributed by atoms with Gasteiger partial charge in [-0.1, -0.05) is 5.21 Å². The third-order valence-electron chi connectivity index (χ3n) is 2.62. The molecule has 0 fully saturated rings. The summed E-state index contributed by atoms with van der Waals surface area (Å²) in [6.45, 7) is 1.51. The van der Waals surface area contributed by atoms with E-state index in [0.29, 0.717) is 11.5 Å². The highest BCUT2D eigenvalue weighted by Crippen LogP contribution is 2.02. The van der Waals surface area contributed by atoms with E-state index in [1.807, 2.05) is 6.20 Å². The van der Waals surface area contributed by atoms with Crippen molar-refractivity contribution in [2.24, 2.45) is 0 Å². The molecule has 0 atom stereocenters. The van der Waals surface area contributed by atoms with Crippen LogP contribution < -0.4 is 11.0 Å². The minimum Gasteiger partial charge on any atom is -0.369 e. The molecular formula is C10H12N8O. The SMILES string of the molecule is O=c1[nH]nc2ccc(NCCCn3ccnn3)nn12. The van der Waals surface area contributed by atoms with Crippen LogP contribution in [0.1, 0.15) is 6.42 Å². The summed E-state index contributed by atoms with van der Waals surface area (Å²) in [6.07, 6.45) is 4.34. The molecular weight excluding hydrogens is 248 g/mol. The molecule has 3 aromatic rings. The molecule has 0 unspecified atom stereocenters. The maximum absolute atomic E-state index is 11.4. The summed E-state index contributed by atoms with van der Waals surface area (Å²) in [6, 6.07) is 3.51. The molecule has 0 saturated heterocycles. The molecule has 3 aromatic heterocycles. The number of hydrogen-bond acceptors (Lipinski definition) is 6. The van der Waals surface area contributed by atoms with Gasteiger partial charge in [-0.2, -0.15) is 9.61 Å². The number of rotatable bonds is 5. The quantitative estimate of drug-likeness (QED) is 0.600. The first-order chi connectivity index (χ1) is 9.33. The third-order valence-corrected chi connectivity index (χ3v) is 2.62. The molecule has 0 saturated carbocycles. The Kier molecular flexibility index (Phi) is 2.93. The van der Waals surface area contributed by atoms with Crippen LogP contribution in [0.15, 0.2) is 29.3 Å². The Morgan fingerprint density at radius 3 is 3.16 bits per heavy atom. The highest BCUT2D eigenvalue weighted by atomic mass is 16.2. The lowest BCUT2D eigenvalue weighted by Crippen LogP contribution is -2.15. The molecule has 0 amide bonds. The van der Waals surface area contributed by atoms with Crippen LogP contribution in [0.2, 0.25) is 0 Å².